The third kappa shape index (κ3) is 2.50. The number of hydrogen-bond donors (Lipinski definition) is 0. The largest absolute Gasteiger partial charge is 0.417 e. The van der Waals surface area contributed by atoms with Crippen molar-refractivity contribution in [3.63, 3.8) is 0 Å². The second-order valence-electron chi connectivity index (χ2n) is 6.88. The normalized spacial score (nSPS) is 15.8. The van der Waals surface area contributed by atoms with Crippen molar-refractivity contribution in [2.24, 2.45) is 0 Å². The van der Waals surface area contributed by atoms with Crippen LogP contribution < -0.4 is 0 Å². The summed E-state index contributed by atoms with van der Waals surface area (Å²) in [5.41, 5.74) is -3.28. The fraction of sp³-hybridized carbons (Fsp3) is 0.100. The van der Waals surface area contributed by atoms with Crippen LogP contribution in [-0.2, 0) is 12.4 Å². The molecule has 0 radical (unpaired) electrons. The van der Waals surface area contributed by atoms with E-state index in [9.17, 15) is 26.3 Å². The zero-order chi connectivity index (χ0) is 21.0. The van der Waals surface area contributed by atoms with Crippen molar-refractivity contribution in [1.29, 1.82) is 0 Å². The van der Waals surface area contributed by atoms with Gasteiger partial charge >= 0.3 is 12.4 Å². The third-order valence-corrected chi connectivity index (χ3v) is 10.3. The number of rotatable bonds is 0. The van der Waals surface area contributed by atoms with E-state index in [1.165, 1.54) is 43.2 Å². The van der Waals surface area contributed by atoms with E-state index in [0.717, 1.165) is 31.3 Å². The van der Waals surface area contributed by atoms with Crippen molar-refractivity contribution >= 4 is 75.5 Å². The van der Waals surface area contributed by atoms with Crippen molar-refractivity contribution in [2.45, 2.75) is 31.9 Å². The summed E-state index contributed by atoms with van der Waals surface area (Å²) in [7, 11) is 5.54. The van der Waals surface area contributed by atoms with E-state index in [0.29, 0.717) is 21.9 Å². The molecule has 6 rings (SSSR count). The van der Waals surface area contributed by atoms with E-state index >= 15 is 0 Å². The fourth-order valence-electron chi connectivity index (χ4n) is 4.04. The lowest BCUT2D eigenvalue weighted by molar-refractivity contribution is -0.161. The minimum atomic E-state index is -5.10. The molecule has 2 heterocycles. The molecule has 0 aliphatic carbocycles. The Morgan fingerprint density at radius 1 is 0.500 bits per heavy atom. The van der Waals surface area contributed by atoms with E-state index < -0.39 is 23.5 Å². The highest BCUT2D eigenvalue weighted by atomic mass is 33.1. The van der Waals surface area contributed by atoms with Gasteiger partial charge in [0.25, 0.3) is 0 Å². The van der Waals surface area contributed by atoms with Gasteiger partial charge in [0, 0.05) is 30.4 Å². The first-order valence-corrected chi connectivity index (χ1v) is 12.8. The summed E-state index contributed by atoms with van der Waals surface area (Å²) < 4.78 is 81.3. The number of alkyl halides is 6. The van der Waals surface area contributed by atoms with Gasteiger partial charge in [-0.1, -0.05) is 67.4 Å². The second-order valence-corrected chi connectivity index (χ2v) is 11.2. The van der Waals surface area contributed by atoms with Gasteiger partial charge in [-0.25, -0.2) is 0 Å². The molecule has 0 aromatic heterocycles. The summed E-state index contributed by atoms with van der Waals surface area (Å²) in [6.07, 6.45) is -10.2. The highest BCUT2D eigenvalue weighted by molar-refractivity contribution is 8.78. The zero-order valence-corrected chi connectivity index (χ0v) is 17.6. The Hall–Kier alpha value is -1.36. The van der Waals surface area contributed by atoms with Crippen LogP contribution in [0.1, 0.15) is 11.1 Å². The average Bonchev–Trinajstić information content (AvgIpc) is 3.30. The first kappa shape index (κ1) is 19.3. The van der Waals surface area contributed by atoms with Gasteiger partial charge in [-0.05, 0) is 33.7 Å². The molecular formula is C20H6F6S4. The van der Waals surface area contributed by atoms with Crippen molar-refractivity contribution in [2.75, 3.05) is 0 Å². The summed E-state index contributed by atoms with van der Waals surface area (Å²) in [5.74, 6) is 0. The molecule has 0 saturated heterocycles. The summed E-state index contributed by atoms with van der Waals surface area (Å²) in [5, 5.41) is 4.19. The highest BCUT2D eigenvalue weighted by Gasteiger charge is 2.44. The maximum atomic E-state index is 13.5. The molecule has 0 atom stereocenters. The summed E-state index contributed by atoms with van der Waals surface area (Å²) >= 11 is 0. The molecule has 30 heavy (non-hydrogen) atoms. The molecule has 0 nitrogen and oxygen atoms in total. The second kappa shape index (κ2) is 6.11. The molecular weight excluding hydrogens is 482 g/mol. The van der Waals surface area contributed by atoms with Gasteiger partial charge < -0.3 is 0 Å². The maximum Gasteiger partial charge on any atom is 0.417 e. The minimum absolute atomic E-state index is 0.227. The van der Waals surface area contributed by atoms with Crippen molar-refractivity contribution in [1.82, 2.24) is 0 Å². The quantitative estimate of drug-likeness (QED) is 0.137. The number of benzene rings is 4. The molecule has 0 N–H and O–H groups in total. The van der Waals surface area contributed by atoms with Crippen LogP contribution in [0.25, 0.3) is 32.3 Å². The van der Waals surface area contributed by atoms with E-state index in [2.05, 4.69) is 0 Å². The van der Waals surface area contributed by atoms with Crippen LogP contribution in [0.3, 0.4) is 0 Å². The summed E-state index contributed by atoms with van der Waals surface area (Å²) in [6.45, 7) is 0. The summed E-state index contributed by atoms with van der Waals surface area (Å²) in [6, 6.07) is 9.14. The SMILES string of the molecule is FC(F)(F)c1cc2c3c4c(c5ccccc5c5c4c(c2cc1C(F)(F)F)SS5)SS3. The molecule has 10 heteroatoms. The van der Waals surface area contributed by atoms with E-state index in [1.54, 1.807) is 0 Å². The Balaban J connectivity index is 1.86. The molecule has 152 valence electrons. The lowest BCUT2D eigenvalue weighted by atomic mass is 9.95. The number of fused-ring (bicyclic) bond motifs is 6. The Morgan fingerprint density at radius 3 is 1.17 bits per heavy atom. The zero-order valence-electron chi connectivity index (χ0n) is 14.4. The van der Waals surface area contributed by atoms with Gasteiger partial charge in [-0.2, -0.15) is 26.3 Å². The molecule has 4 aromatic carbocycles. The Bertz CT molecular complexity index is 1310. The smallest absolute Gasteiger partial charge is 0.166 e. The molecule has 4 aromatic rings. The predicted octanol–water partition coefficient (Wildman–Crippen LogP) is 9.41. The van der Waals surface area contributed by atoms with Crippen LogP contribution in [-0.4, -0.2) is 0 Å². The molecule has 0 saturated carbocycles. The van der Waals surface area contributed by atoms with Crippen molar-refractivity contribution in [3.8, 4) is 0 Å². The van der Waals surface area contributed by atoms with Crippen LogP contribution in [0.5, 0.6) is 0 Å². The monoisotopic (exact) mass is 488 g/mol. The van der Waals surface area contributed by atoms with Crippen molar-refractivity contribution in [3.05, 3.63) is 47.5 Å². The predicted molar refractivity (Wildman–Crippen MR) is 112 cm³/mol. The van der Waals surface area contributed by atoms with Gasteiger partial charge in [0.2, 0.25) is 0 Å². The number of hydrogen-bond acceptors (Lipinski definition) is 4. The average molecular weight is 489 g/mol. The van der Waals surface area contributed by atoms with Crippen LogP contribution in [0.4, 0.5) is 26.3 Å². The van der Waals surface area contributed by atoms with Crippen LogP contribution in [0.2, 0.25) is 0 Å². The Kier molecular flexibility index (Phi) is 3.94. The summed E-state index contributed by atoms with van der Waals surface area (Å²) in [4.78, 5) is 3.14. The molecule has 0 fully saturated rings. The topological polar surface area (TPSA) is 0 Å². The number of halogens is 6. The molecule has 0 bridgehead atoms. The van der Waals surface area contributed by atoms with Gasteiger partial charge in [0.15, 0.2) is 0 Å². The molecule has 0 unspecified atom stereocenters. The molecule has 2 aliphatic rings. The lowest BCUT2D eigenvalue weighted by Crippen LogP contribution is -2.16. The molecule has 0 amide bonds. The van der Waals surface area contributed by atoms with Crippen molar-refractivity contribution < 1.29 is 26.3 Å². The van der Waals surface area contributed by atoms with Crippen LogP contribution in [0, 0.1) is 0 Å². The molecule has 0 spiro atoms. The maximum absolute atomic E-state index is 13.5. The molecule has 2 aliphatic heterocycles. The van der Waals surface area contributed by atoms with Crippen LogP contribution in [0.15, 0.2) is 56.0 Å². The first-order valence-electron chi connectivity index (χ1n) is 8.52. The Morgan fingerprint density at radius 2 is 0.833 bits per heavy atom. The van der Waals surface area contributed by atoms with Gasteiger partial charge in [0.1, 0.15) is 0 Å². The van der Waals surface area contributed by atoms with Gasteiger partial charge in [-0.15, -0.1) is 0 Å². The highest BCUT2D eigenvalue weighted by Crippen LogP contribution is 2.65. The Labute approximate surface area is 180 Å². The van der Waals surface area contributed by atoms with Gasteiger partial charge in [0.05, 0.1) is 11.1 Å². The fourth-order valence-corrected chi connectivity index (χ4v) is 9.78. The minimum Gasteiger partial charge on any atom is -0.166 e. The van der Waals surface area contributed by atoms with Crippen LogP contribution >= 0.6 is 43.2 Å². The van der Waals surface area contributed by atoms with E-state index in [4.69, 9.17) is 0 Å². The van der Waals surface area contributed by atoms with E-state index in [-0.39, 0.29) is 10.8 Å². The lowest BCUT2D eigenvalue weighted by Gasteiger charge is -2.18. The standard InChI is InChI=1S/C20H6F6S4/c21-19(22,23)11-5-9-10(6-12(11)20(24,25)26)18-14-13-15(27-29-17(9)13)7-3-1-2-4-8(7)16(14)28-30-18/h1-6H. The van der Waals surface area contributed by atoms with Gasteiger partial charge in [-0.3, -0.25) is 0 Å². The third-order valence-electron chi connectivity index (χ3n) is 5.25. The van der Waals surface area contributed by atoms with E-state index in [1.807, 2.05) is 24.3 Å². The first-order chi connectivity index (χ1) is 14.2.